The quantitative estimate of drug-likeness (QED) is 0.875. The van der Waals surface area contributed by atoms with Gasteiger partial charge in [0.05, 0.1) is 5.56 Å². The fraction of sp³-hybridized carbons (Fsp3) is 0.412. The van der Waals surface area contributed by atoms with Crippen LogP contribution in [0, 0.1) is 11.8 Å². The third-order valence-corrected chi connectivity index (χ3v) is 4.14. The predicted molar refractivity (Wildman–Crippen MR) is 83.4 cm³/mol. The van der Waals surface area contributed by atoms with Crippen LogP contribution in [0.1, 0.15) is 30.6 Å². The zero-order valence-corrected chi connectivity index (χ0v) is 12.4. The highest BCUT2D eigenvalue weighted by molar-refractivity contribution is 6.05. The molecule has 1 aromatic heterocycles. The molecule has 1 aliphatic rings. The summed E-state index contributed by atoms with van der Waals surface area (Å²) in [4.78, 5) is 29.3. The standard InChI is InChI=1S/C17H20N2O2/c1-11-7-12(2)10-19(9-11)17(21)14-8-16(20)18-15-6-4-3-5-13(14)15/h3-6,8,11-12H,7,9-10H2,1-2H3,(H,18,20)/t11-,12+. The zero-order chi connectivity index (χ0) is 15.0. The van der Waals surface area contributed by atoms with Crippen LogP contribution >= 0.6 is 0 Å². The van der Waals surface area contributed by atoms with Gasteiger partial charge in [-0.2, -0.15) is 0 Å². The van der Waals surface area contributed by atoms with E-state index >= 15 is 0 Å². The number of fused-ring (bicyclic) bond motifs is 1. The molecule has 1 N–H and O–H groups in total. The number of para-hydroxylation sites is 1. The van der Waals surface area contributed by atoms with Gasteiger partial charge in [0.2, 0.25) is 5.56 Å². The van der Waals surface area contributed by atoms with Crippen molar-refractivity contribution in [1.29, 1.82) is 0 Å². The number of hydrogen-bond donors (Lipinski definition) is 1. The minimum absolute atomic E-state index is 0.0318. The molecule has 2 aromatic rings. The molecule has 110 valence electrons. The Labute approximate surface area is 123 Å². The number of nitrogens with zero attached hydrogens (tertiary/aromatic N) is 1. The maximum absolute atomic E-state index is 12.8. The Balaban J connectivity index is 2.03. The topological polar surface area (TPSA) is 53.2 Å². The van der Waals surface area contributed by atoms with Crippen LogP contribution in [0.2, 0.25) is 0 Å². The average Bonchev–Trinajstić information content (AvgIpc) is 2.44. The van der Waals surface area contributed by atoms with Crippen molar-refractivity contribution in [3.63, 3.8) is 0 Å². The SMILES string of the molecule is C[C@@H]1C[C@H](C)CN(C(=O)c2cc(=O)[nH]c3ccccc23)C1. The number of pyridine rings is 1. The molecule has 4 heteroatoms. The lowest BCUT2D eigenvalue weighted by molar-refractivity contribution is 0.0625. The van der Waals surface area contributed by atoms with Crippen molar-refractivity contribution in [2.45, 2.75) is 20.3 Å². The van der Waals surface area contributed by atoms with E-state index in [2.05, 4.69) is 18.8 Å². The lowest BCUT2D eigenvalue weighted by Crippen LogP contribution is -2.42. The summed E-state index contributed by atoms with van der Waals surface area (Å²) in [5.41, 5.74) is 0.997. The molecule has 1 aliphatic heterocycles. The average molecular weight is 284 g/mol. The summed E-state index contributed by atoms with van der Waals surface area (Å²) in [7, 11) is 0. The number of H-pyrrole nitrogens is 1. The van der Waals surface area contributed by atoms with Gasteiger partial charge in [-0.1, -0.05) is 32.0 Å². The molecule has 1 aromatic carbocycles. The van der Waals surface area contributed by atoms with Gasteiger partial charge in [0.25, 0.3) is 5.91 Å². The molecule has 0 spiro atoms. The number of benzene rings is 1. The van der Waals surface area contributed by atoms with Crippen LogP contribution < -0.4 is 5.56 Å². The van der Waals surface area contributed by atoms with Gasteiger partial charge in [0.1, 0.15) is 0 Å². The molecule has 1 saturated heterocycles. The van der Waals surface area contributed by atoms with Gasteiger partial charge in [-0.3, -0.25) is 9.59 Å². The van der Waals surface area contributed by atoms with Crippen molar-refractivity contribution >= 4 is 16.8 Å². The number of hydrogen-bond acceptors (Lipinski definition) is 2. The Morgan fingerprint density at radius 2 is 1.86 bits per heavy atom. The third kappa shape index (κ3) is 2.71. The number of carbonyl (C=O) groups is 1. The van der Waals surface area contributed by atoms with E-state index in [0.717, 1.165) is 24.9 Å². The van der Waals surface area contributed by atoms with Crippen LogP contribution in [0.4, 0.5) is 0 Å². The summed E-state index contributed by atoms with van der Waals surface area (Å²) in [5, 5.41) is 0.813. The van der Waals surface area contributed by atoms with Crippen LogP contribution in [-0.2, 0) is 0 Å². The van der Waals surface area contributed by atoms with Crippen LogP contribution in [0.25, 0.3) is 10.9 Å². The summed E-state index contributed by atoms with van der Waals surface area (Å²) in [6.07, 6.45) is 1.15. The second-order valence-electron chi connectivity index (χ2n) is 6.25. The molecule has 0 aliphatic carbocycles. The molecular formula is C17H20N2O2. The van der Waals surface area contributed by atoms with E-state index in [1.165, 1.54) is 6.07 Å². The van der Waals surface area contributed by atoms with Gasteiger partial charge >= 0.3 is 0 Å². The number of nitrogens with one attached hydrogen (secondary N) is 1. The van der Waals surface area contributed by atoms with Gasteiger partial charge in [-0.25, -0.2) is 0 Å². The van der Waals surface area contributed by atoms with Crippen LogP contribution in [0.3, 0.4) is 0 Å². The largest absolute Gasteiger partial charge is 0.338 e. The first-order valence-electron chi connectivity index (χ1n) is 7.46. The van der Waals surface area contributed by atoms with Crippen molar-refractivity contribution in [3.8, 4) is 0 Å². The minimum atomic E-state index is -0.227. The predicted octanol–water partition coefficient (Wildman–Crippen LogP) is 2.65. The summed E-state index contributed by atoms with van der Waals surface area (Å²) >= 11 is 0. The molecule has 0 radical (unpaired) electrons. The summed E-state index contributed by atoms with van der Waals surface area (Å²) in [6, 6.07) is 8.88. The second kappa shape index (κ2) is 5.35. The minimum Gasteiger partial charge on any atom is -0.338 e. The Kier molecular flexibility index (Phi) is 3.53. The lowest BCUT2D eigenvalue weighted by Gasteiger charge is -2.35. The first-order valence-corrected chi connectivity index (χ1v) is 7.46. The Hall–Kier alpha value is -2.10. The molecule has 0 unspecified atom stereocenters. The molecule has 0 saturated carbocycles. The number of amides is 1. The normalized spacial score (nSPS) is 22.5. The molecule has 3 rings (SSSR count). The molecule has 0 bridgehead atoms. The second-order valence-corrected chi connectivity index (χ2v) is 6.25. The molecule has 1 amide bonds. The van der Waals surface area contributed by atoms with Crippen molar-refractivity contribution in [2.24, 2.45) is 11.8 Å². The Bertz CT molecular complexity index is 725. The number of aromatic nitrogens is 1. The molecular weight excluding hydrogens is 264 g/mol. The highest BCUT2D eigenvalue weighted by atomic mass is 16.2. The van der Waals surface area contributed by atoms with Crippen molar-refractivity contribution in [1.82, 2.24) is 9.88 Å². The maximum Gasteiger partial charge on any atom is 0.254 e. The van der Waals surface area contributed by atoms with Crippen LogP contribution in [-0.4, -0.2) is 28.9 Å². The van der Waals surface area contributed by atoms with Crippen molar-refractivity contribution in [3.05, 3.63) is 46.2 Å². The zero-order valence-electron chi connectivity index (χ0n) is 12.4. The summed E-state index contributed by atoms with van der Waals surface area (Å²) in [5.74, 6) is 0.979. The molecule has 21 heavy (non-hydrogen) atoms. The fourth-order valence-electron chi connectivity index (χ4n) is 3.38. The van der Waals surface area contributed by atoms with Gasteiger partial charge in [-0.05, 0) is 24.3 Å². The Morgan fingerprint density at radius 3 is 2.57 bits per heavy atom. The fourth-order valence-corrected chi connectivity index (χ4v) is 3.38. The van der Waals surface area contributed by atoms with E-state index in [1.54, 1.807) is 0 Å². The number of rotatable bonds is 1. The van der Waals surface area contributed by atoms with Crippen LogP contribution in [0.5, 0.6) is 0 Å². The molecule has 2 atom stereocenters. The third-order valence-electron chi connectivity index (χ3n) is 4.14. The molecule has 4 nitrogen and oxygen atoms in total. The van der Waals surface area contributed by atoms with E-state index in [-0.39, 0.29) is 11.5 Å². The van der Waals surface area contributed by atoms with Crippen molar-refractivity contribution < 1.29 is 4.79 Å². The first-order chi connectivity index (χ1) is 10.0. The number of aromatic amines is 1. The van der Waals surface area contributed by atoms with E-state index < -0.39 is 0 Å². The Morgan fingerprint density at radius 1 is 1.19 bits per heavy atom. The van der Waals surface area contributed by atoms with E-state index in [0.29, 0.717) is 22.9 Å². The van der Waals surface area contributed by atoms with E-state index in [4.69, 9.17) is 0 Å². The molecule has 1 fully saturated rings. The highest BCUT2D eigenvalue weighted by Gasteiger charge is 2.27. The number of carbonyl (C=O) groups excluding carboxylic acids is 1. The van der Waals surface area contributed by atoms with Crippen LogP contribution in [0.15, 0.2) is 35.1 Å². The lowest BCUT2D eigenvalue weighted by atomic mass is 9.91. The number of piperidine rings is 1. The monoisotopic (exact) mass is 284 g/mol. The molecule has 2 heterocycles. The summed E-state index contributed by atoms with van der Waals surface area (Å²) < 4.78 is 0. The van der Waals surface area contributed by atoms with E-state index in [1.807, 2.05) is 29.2 Å². The van der Waals surface area contributed by atoms with Gasteiger partial charge < -0.3 is 9.88 Å². The highest BCUT2D eigenvalue weighted by Crippen LogP contribution is 2.24. The number of likely N-dealkylation sites (tertiary alicyclic amines) is 1. The van der Waals surface area contributed by atoms with E-state index in [9.17, 15) is 9.59 Å². The van der Waals surface area contributed by atoms with Gasteiger partial charge in [0, 0.05) is 30.1 Å². The smallest absolute Gasteiger partial charge is 0.254 e. The van der Waals surface area contributed by atoms with Crippen molar-refractivity contribution in [2.75, 3.05) is 13.1 Å². The maximum atomic E-state index is 12.8. The summed E-state index contributed by atoms with van der Waals surface area (Å²) in [6.45, 7) is 5.88. The van der Waals surface area contributed by atoms with Gasteiger partial charge in [-0.15, -0.1) is 0 Å². The van der Waals surface area contributed by atoms with Gasteiger partial charge in [0.15, 0.2) is 0 Å². The first kappa shape index (κ1) is 13.9.